The predicted octanol–water partition coefficient (Wildman–Crippen LogP) is 2.43. The monoisotopic (exact) mass is 571 g/mol. The molecule has 3 aliphatic rings. The van der Waals surface area contributed by atoms with Gasteiger partial charge in [-0.25, -0.2) is 0 Å². The fourth-order valence-electron chi connectivity index (χ4n) is 5.32. The van der Waals surface area contributed by atoms with E-state index in [0.717, 1.165) is 25.7 Å². The number of hydrogen-bond acceptors (Lipinski definition) is 7. The number of morpholine rings is 1. The van der Waals surface area contributed by atoms with Gasteiger partial charge < -0.3 is 34.3 Å². The summed E-state index contributed by atoms with van der Waals surface area (Å²) in [6.07, 6.45) is 3.83. The second-order valence-corrected chi connectivity index (χ2v) is 12.2. The summed E-state index contributed by atoms with van der Waals surface area (Å²) < 4.78 is 23.7. The van der Waals surface area contributed by atoms with E-state index >= 15 is 0 Å². The predicted molar refractivity (Wildman–Crippen MR) is 155 cm³/mol. The number of rotatable bonds is 11. The highest BCUT2D eigenvalue weighted by Gasteiger charge is 2.54. The van der Waals surface area contributed by atoms with Crippen molar-refractivity contribution in [3.63, 3.8) is 0 Å². The molecule has 0 aromatic heterocycles. The van der Waals surface area contributed by atoms with Crippen LogP contribution in [0.3, 0.4) is 0 Å². The molecular formula is C30H46BN3O7. The minimum atomic E-state index is -1.05. The number of hydrogen-bond donors (Lipinski definition) is 2. The number of aryl methyl sites for hydroxylation is 1. The molecule has 3 aliphatic heterocycles. The zero-order valence-electron chi connectivity index (χ0n) is 25.0. The van der Waals surface area contributed by atoms with E-state index in [1.165, 1.54) is 5.56 Å². The minimum Gasteiger partial charge on any atom is -0.402 e. The molecule has 2 N–H and O–H groups in total. The molecule has 3 atom stereocenters. The van der Waals surface area contributed by atoms with Crippen LogP contribution in [0.4, 0.5) is 0 Å². The maximum absolute atomic E-state index is 13.8. The molecule has 0 saturated carbocycles. The normalized spacial score (nSPS) is 23.5. The summed E-state index contributed by atoms with van der Waals surface area (Å²) in [5.74, 6) is -1.48. The van der Waals surface area contributed by atoms with Crippen LogP contribution in [0.15, 0.2) is 30.3 Å². The Hall–Kier alpha value is -2.47. The molecule has 3 amide bonds. The lowest BCUT2D eigenvalue weighted by molar-refractivity contribution is -0.142. The largest absolute Gasteiger partial charge is 0.481 e. The maximum Gasteiger partial charge on any atom is 0.481 e. The van der Waals surface area contributed by atoms with Gasteiger partial charge in [0.05, 0.1) is 36.8 Å². The zero-order chi connectivity index (χ0) is 29.5. The number of ether oxygens (including phenoxy) is 2. The molecule has 10 nitrogen and oxygen atoms in total. The average Bonchev–Trinajstić information content (AvgIpc) is 3.19. The Morgan fingerprint density at radius 3 is 2.29 bits per heavy atom. The van der Waals surface area contributed by atoms with Crippen molar-refractivity contribution in [2.75, 3.05) is 32.9 Å². The van der Waals surface area contributed by atoms with Crippen LogP contribution in [-0.2, 0) is 39.6 Å². The van der Waals surface area contributed by atoms with Crippen LogP contribution >= 0.6 is 0 Å². The highest BCUT2D eigenvalue weighted by molar-refractivity contribution is 6.48. The van der Waals surface area contributed by atoms with E-state index < -0.39 is 42.3 Å². The first-order valence-electron chi connectivity index (χ1n) is 15.0. The first-order chi connectivity index (χ1) is 19.6. The fourth-order valence-corrected chi connectivity index (χ4v) is 5.32. The number of nitrogens with zero attached hydrogens (tertiary/aromatic N) is 1. The Kier molecular flexibility index (Phi) is 10.8. The molecule has 226 valence electrons. The Bertz CT molecular complexity index is 978. The molecule has 3 unspecified atom stereocenters. The van der Waals surface area contributed by atoms with Crippen LogP contribution in [0.2, 0.25) is 0 Å². The van der Waals surface area contributed by atoms with E-state index in [2.05, 4.69) is 22.8 Å². The van der Waals surface area contributed by atoms with E-state index in [0.29, 0.717) is 45.8 Å². The Morgan fingerprint density at radius 2 is 1.66 bits per heavy atom. The lowest BCUT2D eigenvalue weighted by Gasteiger charge is -2.32. The van der Waals surface area contributed by atoms with Crippen LogP contribution in [0.1, 0.15) is 71.8 Å². The molecule has 3 fully saturated rings. The topological polar surface area (TPSA) is 115 Å². The second-order valence-electron chi connectivity index (χ2n) is 12.2. The van der Waals surface area contributed by atoms with Crippen molar-refractivity contribution < 1.29 is 33.2 Å². The lowest BCUT2D eigenvalue weighted by atomic mass is 9.75. The third-order valence-electron chi connectivity index (χ3n) is 8.60. The van der Waals surface area contributed by atoms with E-state index in [4.69, 9.17) is 18.8 Å². The van der Waals surface area contributed by atoms with Crippen molar-refractivity contribution in [2.24, 2.45) is 0 Å². The van der Waals surface area contributed by atoms with E-state index in [9.17, 15) is 14.4 Å². The average molecular weight is 572 g/mol. The van der Waals surface area contributed by atoms with Gasteiger partial charge in [0.2, 0.25) is 17.7 Å². The highest BCUT2D eigenvalue weighted by Crippen LogP contribution is 2.38. The smallest absolute Gasteiger partial charge is 0.402 e. The van der Waals surface area contributed by atoms with Crippen LogP contribution in [0.25, 0.3) is 0 Å². The van der Waals surface area contributed by atoms with Gasteiger partial charge in [-0.2, -0.15) is 0 Å². The molecule has 11 heteroatoms. The number of carbonyl (C=O) groups is 3. The molecule has 3 saturated heterocycles. The fraction of sp³-hybridized carbons (Fsp3) is 0.700. The van der Waals surface area contributed by atoms with E-state index in [-0.39, 0.29) is 18.2 Å². The molecule has 0 bridgehead atoms. The Balaban J connectivity index is 1.48. The zero-order valence-corrected chi connectivity index (χ0v) is 25.0. The van der Waals surface area contributed by atoms with E-state index in [1.54, 1.807) is 4.90 Å². The summed E-state index contributed by atoms with van der Waals surface area (Å²) in [5.41, 5.74) is 0.0663. The van der Waals surface area contributed by atoms with Crippen molar-refractivity contribution in [1.29, 1.82) is 0 Å². The van der Waals surface area contributed by atoms with Gasteiger partial charge in [0.1, 0.15) is 12.1 Å². The van der Waals surface area contributed by atoms with Gasteiger partial charge in [0.25, 0.3) is 0 Å². The van der Waals surface area contributed by atoms with Crippen LogP contribution in [-0.4, -0.2) is 91.9 Å². The Morgan fingerprint density at radius 1 is 0.976 bits per heavy atom. The van der Waals surface area contributed by atoms with Gasteiger partial charge in [0, 0.05) is 19.7 Å². The first-order valence-corrected chi connectivity index (χ1v) is 15.0. The summed E-state index contributed by atoms with van der Waals surface area (Å²) in [7, 11) is -0.673. The highest BCUT2D eigenvalue weighted by atomic mass is 16.7. The molecule has 3 heterocycles. The standard InChI is InChI=1S/C30H46BN3O7/c1-29(2)30(3,4)41-31(40-29)25(15-10-13-22-11-6-5-7-12-22)33-27(36)23(21-26(35)34-16-19-38-20-17-34)32-28(37)24-14-8-9-18-39-24/h5-7,11-12,23-25H,8-10,13-21H2,1-4H3,(H,32,37)(H,33,36). The molecule has 4 rings (SSSR count). The van der Waals surface area contributed by atoms with E-state index in [1.807, 2.05) is 45.9 Å². The number of carbonyl (C=O) groups excluding carboxylic acids is 3. The molecule has 1 aromatic carbocycles. The number of amides is 3. The van der Waals surface area contributed by atoms with Crippen LogP contribution in [0, 0.1) is 0 Å². The van der Waals surface area contributed by atoms with Gasteiger partial charge in [-0.1, -0.05) is 30.3 Å². The number of benzene rings is 1. The van der Waals surface area contributed by atoms with Gasteiger partial charge in [-0.05, 0) is 71.8 Å². The van der Waals surface area contributed by atoms with Gasteiger partial charge >= 0.3 is 7.12 Å². The summed E-state index contributed by atoms with van der Waals surface area (Å²) in [6, 6.07) is 9.12. The third-order valence-corrected chi connectivity index (χ3v) is 8.60. The first kappa shape index (κ1) is 31.5. The molecule has 0 spiro atoms. The SMILES string of the molecule is CC1(C)OB(C(CCCc2ccccc2)NC(=O)C(CC(=O)N2CCOCC2)NC(=O)C2CCCCO2)OC1(C)C. The second kappa shape index (κ2) is 14.1. The molecule has 41 heavy (non-hydrogen) atoms. The summed E-state index contributed by atoms with van der Waals surface area (Å²) >= 11 is 0. The summed E-state index contributed by atoms with van der Waals surface area (Å²) in [5, 5.41) is 5.93. The quantitative estimate of drug-likeness (QED) is 0.392. The Labute approximate surface area is 244 Å². The van der Waals surface area contributed by atoms with Crippen molar-refractivity contribution in [3.8, 4) is 0 Å². The van der Waals surface area contributed by atoms with Crippen molar-refractivity contribution in [3.05, 3.63) is 35.9 Å². The number of nitrogens with one attached hydrogen (secondary N) is 2. The summed E-state index contributed by atoms with van der Waals surface area (Å²) in [4.78, 5) is 41.8. The van der Waals surface area contributed by atoms with Crippen molar-refractivity contribution >= 4 is 24.8 Å². The molecular weight excluding hydrogens is 525 g/mol. The summed E-state index contributed by atoms with van der Waals surface area (Å²) in [6.45, 7) is 10.2. The van der Waals surface area contributed by atoms with Gasteiger partial charge in [-0.15, -0.1) is 0 Å². The van der Waals surface area contributed by atoms with Crippen molar-refractivity contribution in [1.82, 2.24) is 15.5 Å². The minimum absolute atomic E-state index is 0.148. The third kappa shape index (κ3) is 8.53. The van der Waals surface area contributed by atoms with Crippen molar-refractivity contribution in [2.45, 2.75) is 102 Å². The molecule has 0 radical (unpaired) electrons. The molecule has 1 aromatic rings. The van der Waals surface area contributed by atoms with Crippen LogP contribution < -0.4 is 10.6 Å². The molecule has 0 aliphatic carbocycles. The van der Waals surface area contributed by atoms with Crippen LogP contribution in [0.5, 0.6) is 0 Å². The maximum atomic E-state index is 13.8. The lowest BCUT2D eigenvalue weighted by Crippen LogP contribution is -2.57. The van der Waals surface area contributed by atoms with Gasteiger partial charge in [0.15, 0.2) is 0 Å². The van der Waals surface area contributed by atoms with Gasteiger partial charge in [-0.3, -0.25) is 14.4 Å².